The van der Waals surface area contributed by atoms with E-state index in [0.717, 1.165) is 0 Å². The highest BCUT2D eigenvalue weighted by Gasteiger charge is 2.14. The highest BCUT2D eigenvalue weighted by atomic mass is 79.9. The van der Waals surface area contributed by atoms with E-state index in [9.17, 15) is 9.18 Å². The van der Waals surface area contributed by atoms with E-state index >= 15 is 0 Å². The zero-order valence-electron chi connectivity index (χ0n) is 11.9. The van der Waals surface area contributed by atoms with Crippen molar-refractivity contribution in [1.82, 2.24) is 10.2 Å². The highest BCUT2D eigenvalue weighted by molar-refractivity contribution is 9.10. The molecule has 2 aromatic carbocycles. The van der Waals surface area contributed by atoms with Crippen LogP contribution in [0, 0.1) is 5.82 Å². The normalized spacial score (nSPS) is 10.7. The molecule has 0 aliphatic carbocycles. The van der Waals surface area contributed by atoms with Gasteiger partial charge in [-0.15, -0.1) is 0 Å². The number of nitrogens with one attached hydrogen (secondary N) is 2. The van der Waals surface area contributed by atoms with Crippen molar-refractivity contribution in [1.29, 1.82) is 0 Å². The van der Waals surface area contributed by atoms with Crippen LogP contribution in [0.5, 0.6) is 0 Å². The van der Waals surface area contributed by atoms with Crippen molar-refractivity contribution in [2.45, 2.75) is 0 Å². The maximum Gasteiger partial charge on any atom is 0.273 e. The van der Waals surface area contributed by atoms with Crippen molar-refractivity contribution in [3.8, 4) is 11.3 Å². The first-order chi connectivity index (χ1) is 11.4. The van der Waals surface area contributed by atoms with E-state index in [0.29, 0.717) is 25.8 Å². The van der Waals surface area contributed by atoms with E-state index in [1.54, 1.807) is 30.3 Å². The van der Waals surface area contributed by atoms with Gasteiger partial charge in [-0.2, -0.15) is 5.10 Å². The van der Waals surface area contributed by atoms with Gasteiger partial charge in [0.15, 0.2) is 0 Å². The number of carbonyl (C=O) groups is 1. The molecule has 0 atom stereocenters. The van der Waals surface area contributed by atoms with Gasteiger partial charge in [0.1, 0.15) is 11.5 Å². The van der Waals surface area contributed by atoms with Gasteiger partial charge in [0, 0.05) is 10.0 Å². The minimum Gasteiger partial charge on any atom is -0.318 e. The number of H-pyrrole nitrogens is 1. The summed E-state index contributed by atoms with van der Waals surface area (Å²) < 4.78 is 14.4. The van der Waals surface area contributed by atoms with Crippen molar-refractivity contribution >= 4 is 50.7 Å². The van der Waals surface area contributed by atoms with Crippen molar-refractivity contribution in [3.63, 3.8) is 0 Å². The van der Waals surface area contributed by atoms with Crippen molar-refractivity contribution < 1.29 is 9.18 Å². The number of nitrogens with zero attached hydrogens (tertiary/aromatic N) is 1. The largest absolute Gasteiger partial charge is 0.318 e. The quantitative estimate of drug-likeness (QED) is 0.575. The number of benzene rings is 2. The molecule has 0 spiro atoms. The molecule has 2 N–H and O–H groups in total. The maximum absolute atomic E-state index is 13.8. The molecule has 8 heteroatoms. The Hall–Kier alpha value is -1.89. The van der Waals surface area contributed by atoms with E-state index in [-0.39, 0.29) is 11.4 Å². The summed E-state index contributed by atoms with van der Waals surface area (Å²) in [6.07, 6.45) is 0. The number of amides is 1. The molecule has 1 heterocycles. The van der Waals surface area contributed by atoms with Crippen LogP contribution in [0.25, 0.3) is 11.3 Å². The van der Waals surface area contributed by atoms with Gasteiger partial charge in [-0.3, -0.25) is 9.89 Å². The summed E-state index contributed by atoms with van der Waals surface area (Å²) in [4.78, 5) is 12.2. The maximum atomic E-state index is 13.8. The number of aromatic amines is 1. The fraction of sp³-hybridized carbons (Fsp3) is 0. The van der Waals surface area contributed by atoms with Crippen LogP contribution in [0.15, 0.2) is 46.9 Å². The molecule has 0 saturated heterocycles. The van der Waals surface area contributed by atoms with Crippen LogP contribution < -0.4 is 5.32 Å². The average molecular weight is 429 g/mol. The molecular weight excluding hydrogens is 420 g/mol. The lowest BCUT2D eigenvalue weighted by atomic mass is 10.1. The molecule has 122 valence electrons. The first-order valence-electron chi connectivity index (χ1n) is 6.71. The van der Waals surface area contributed by atoms with Crippen LogP contribution >= 0.6 is 39.1 Å². The first kappa shape index (κ1) is 17.0. The van der Waals surface area contributed by atoms with Gasteiger partial charge in [-0.1, -0.05) is 45.2 Å². The SMILES string of the molecule is O=C(Nc1ccc(Br)cc1F)c1cc(-c2ccc(Cl)c(Cl)c2)n[nH]1. The smallest absolute Gasteiger partial charge is 0.273 e. The van der Waals surface area contributed by atoms with Crippen LogP contribution in [0.2, 0.25) is 10.0 Å². The number of anilines is 1. The predicted octanol–water partition coefficient (Wildman–Crippen LogP) is 5.54. The third-order valence-corrected chi connectivity index (χ3v) is 4.45. The molecule has 0 bridgehead atoms. The molecule has 24 heavy (non-hydrogen) atoms. The second kappa shape index (κ2) is 6.93. The number of aromatic nitrogens is 2. The predicted molar refractivity (Wildman–Crippen MR) is 96.1 cm³/mol. The molecule has 0 fully saturated rings. The molecule has 3 aromatic rings. The Labute approximate surface area is 155 Å². The minimum atomic E-state index is -0.540. The molecule has 0 aliphatic rings. The third-order valence-electron chi connectivity index (χ3n) is 3.22. The monoisotopic (exact) mass is 427 g/mol. The lowest BCUT2D eigenvalue weighted by molar-refractivity contribution is 0.102. The van der Waals surface area contributed by atoms with Crippen LogP contribution in [-0.4, -0.2) is 16.1 Å². The number of halogens is 4. The van der Waals surface area contributed by atoms with Crippen LogP contribution in [-0.2, 0) is 0 Å². The van der Waals surface area contributed by atoms with Gasteiger partial charge in [0.25, 0.3) is 5.91 Å². The topological polar surface area (TPSA) is 57.8 Å². The van der Waals surface area contributed by atoms with Gasteiger partial charge < -0.3 is 5.32 Å². The first-order valence-corrected chi connectivity index (χ1v) is 8.26. The zero-order valence-corrected chi connectivity index (χ0v) is 15.0. The van der Waals surface area contributed by atoms with E-state index < -0.39 is 11.7 Å². The second-order valence-electron chi connectivity index (χ2n) is 4.87. The van der Waals surface area contributed by atoms with E-state index in [1.165, 1.54) is 12.1 Å². The molecule has 0 unspecified atom stereocenters. The number of hydrogen-bond acceptors (Lipinski definition) is 2. The Morgan fingerprint density at radius 3 is 2.62 bits per heavy atom. The molecule has 1 aromatic heterocycles. The Balaban J connectivity index is 1.82. The molecule has 0 radical (unpaired) electrons. The summed E-state index contributed by atoms with van der Waals surface area (Å²) >= 11 is 15.0. The molecule has 0 saturated carbocycles. The number of rotatable bonds is 3. The molecule has 4 nitrogen and oxygen atoms in total. The minimum absolute atomic E-state index is 0.0777. The highest BCUT2D eigenvalue weighted by Crippen LogP contribution is 2.28. The molecule has 1 amide bonds. The Kier molecular flexibility index (Phi) is 4.89. The van der Waals surface area contributed by atoms with E-state index in [1.807, 2.05) is 0 Å². The van der Waals surface area contributed by atoms with Gasteiger partial charge in [0.2, 0.25) is 0 Å². The van der Waals surface area contributed by atoms with E-state index in [2.05, 4.69) is 31.4 Å². The van der Waals surface area contributed by atoms with Crippen molar-refractivity contribution in [2.24, 2.45) is 0 Å². The summed E-state index contributed by atoms with van der Waals surface area (Å²) in [6.45, 7) is 0. The fourth-order valence-electron chi connectivity index (χ4n) is 2.02. The third kappa shape index (κ3) is 3.61. The fourth-order valence-corrected chi connectivity index (χ4v) is 2.65. The van der Waals surface area contributed by atoms with Crippen molar-refractivity contribution in [3.05, 3.63) is 68.5 Å². The van der Waals surface area contributed by atoms with Crippen LogP contribution in [0.3, 0.4) is 0 Å². The summed E-state index contributed by atoms with van der Waals surface area (Å²) in [5, 5.41) is 9.99. The summed E-state index contributed by atoms with van der Waals surface area (Å²) in [6, 6.07) is 10.9. The zero-order chi connectivity index (χ0) is 17.3. The molecule has 3 rings (SSSR count). The summed E-state index contributed by atoms with van der Waals surface area (Å²) in [5.41, 5.74) is 1.50. The molecule has 0 aliphatic heterocycles. The Bertz CT molecular complexity index is 929. The van der Waals surface area contributed by atoms with Gasteiger partial charge >= 0.3 is 0 Å². The Morgan fingerprint density at radius 1 is 1.12 bits per heavy atom. The average Bonchev–Trinajstić information content (AvgIpc) is 3.03. The summed E-state index contributed by atoms with van der Waals surface area (Å²) in [5.74, 6) is -1.04. The Morgan fingerprint density at radius 2 is 1.92 bits per heavy atom. The second-order valence-corrected chi connectivity index (χ2v) is 6.60. The van der Waals surface area contributed by atoms with Crippen LogP contribution in [0.4, 0.5) is 10.1 Å². The van der Waals surface area contributed by atoms with Gasteiger partial charge in [-0.25, -0.2) is 4.39 Å². The lowest BCUT2D eigenvalue weighted by Gasteiger charge is -2.05. The van der Waals surface area contributed by atoms with Crippen LogP contribution in [0.1, 0.15) is 10.5 Å². The summed E-state index contributed by atoms with van der Waals surface area (Å²) in [7, 11) is 0. The van der Waals surface area contributed by atoms with Gasteiger partial charge in [-0.05, 0) is 36.4 Å². The number of hydrogen-bond donors (Lipinski definition) is 2. The van der Waals surface area contributed by atoms with E-state index in [4.69, 9.17) is 23.2 Å². The lowest BCUT2D eigenvalue weighted by Crippen LogP contribution is -2.13. The number of carbonyl (C=O) groups excluding carboxylic acids is 1. The standard InChI is InChI=1S/C16H9BrCl2FN3O/c17-9-2-4-13(12(20)6-9)21-16(24)15-7-14(22-23-15)8-1-3-10(18)11(19)5-8/h1-7H,(H,21,24)(H,22,23). The molecular formula is C16H9BrCl2FN3O. The van der Waals surface area contributed by atoms with Crippen molar-refractivity contribution in [2.75, 3.05) is 5.32 Å². The van der Waals surface area contributed by atoms with Gasteiger partial charge in [0.05, 0.1) is 21.4 Å².